The van der Waals surface area contributed by atoms with Gasteiger partial charge in [-0.05, 0) is 30.2 Å². The second kappa shape index (κ2) is 7.37. The number of hydrogen-bond donors (Lipinski definition) is 1. The monoisotopic (exact) mass is 271 g/mol. The van der Waals surface area contributed by atoms with Crippen LogP contribution < -0.4 is 5.73 Å². The molecule has 0 aliphatic rings. The first-order valence-electron chi connectivity index (χ1n) is 6.73. The average Bonchev–Trinajstić information content (AvgIpc) is 2.45. The summed E-state index contributed by atoms with van der Waals surface area (Å²) in [6.07, 6.45) is 1.10. The van der Waals surface area contributed by atoms with Gasteiger partial charge in [-0.1, -0.05) is 60.7 Å². The molecule has 0 fully saturated rings. The van der Waals surface area contributed by atoms with Crippen LogP contribution in [0.25, 0.3) is 0 Å². The molecule has 0 radical (unpaired) electrons. The molecule has 0 aliphatic carbocycles. The summed E-state index contributed by atoms with van der Waals surface area (Å²) in [7, 11) is 0. The van der Waals surface area contributed by atoms with Crippen LogP contribution in [-0.2, 0) is 6.42 Å². The third-order valence-electron chi connectivity index (χ3n) is 3.14. The molecule has 100 valence electrons. The van der Waals surface area contributed by atoms with Crippen LogP contribution in [0.1, 0.15) is 23.3 Å². The van der Waals surface area contributed by atoms with Crippen molar-refractivity contribution >= 4 is 11.8 Å². The maximum Gasteiger partial charge on any atom is 0.0445 e. The Balaban J connectivity index is 1.92. The van der Waals surface area contributed by atoms with Gasteiger partial charge < -0.3 is 5.73 Å². The molecular formula is C17H21NS. The normalized spacial score (nSPS) is 14.0. The molecule has 0 spiro atoms. The van der Waals surface area contributed by atoms with Crippen LogP contribution in [0.2, 0.25) is 0 Å². The van der Waals surface area contributed by atoms with Gasteiger partial charge >= 0.3 is 0 Å². The molecule has 2 N–H and O–H groups in total. The number of rotatable bonds is 6. The molecule has 2 aromatic rings. The number of thioether (sulfide) groups is 1. The lowest BCUT2D eigenvalue weighted by molar-refractivity contribution is 0.721. The van der Waals surface area contributed by atoms with Crippen molar-refractivity contribution in [2.45, 2.75) is 24.6 Å². The van der Waals surface area contributed by atoms with Crippen LogP contribution >= 0.6 is 11.8 Å². The van der Waals surface area contributed by atoms with Gasteiger partial charge in [-0.3, -0.25) is 0 Å². The molecule has 0 amide bonds. The Hall–Kier alpha value is -1.25. The fourth-order valence-corrected chi connectivity index (χ4v) is 3.40. The zero-order valence-corrected chi connectivity index (χ0v) is 12.1. The smallest absolute Gasteiger partial charge is 0.0445 e. The second-order valence-electron chi connectivity index (χ2n) is 4.80. The minimum Gasteiger partial charge on any atom is -0.327 e. The molecule has 2 aromatic carbocycles. The van der Waals surface area contributed by atoms with Crippen LogP contribution in [0.4, 0.5) is 0 Å². The SMILES string of the molecule is C[C@H](N)[C@H](SCCc1ccccc1)c1ccccc1. The van der Waals surface area contributed by atoms with Crippen molar-refractivity contribution < 1.29 is 0 Å². The molecule has 1 nitrogen and oxygen atoms in total. The maximum atomic E-state index is 6.13. The minimum atomic E-state index is 0.170. The lowest BCUT2D eigenvalue weighted by Gasteiger charge is -2.20. The standard InChI is InChI=1S/C17H21NS/c1-14(18)17(16-10-6-3-7-11-16)19-13-12-15-8-4-2-5-9-15/h2-11,14,17H,12-13,18H2,1H3/t14-,17-/m0/s1. The highest BCUT2D eigenvalue weighted by Crippen LogP contribution is 2.31. The third-order valence-corrected chi connectivity index (χ3v) is 4.64. The van der Waals surface area contributed by atoms with Gasteiger partial charge in [-0.25, -0.2) is 0 Å². The van der Waals surface area contributed by atoms with E-state index in [0.717, 1.165) is 12.2 Å². The Morgan fingerprint density at radius 1 is 0.947 bits per heavy atom. The van der Waals surface area contributed by atoms with Gasteiger partial charge in [-0.15, -0.1) is 0 Å². The molecule has 0 heterocycles. The van der Waals surface area contributed by atoms with Gasteiger partial charge in [0.2, 0.25) is 0 Å². The van der Waals surface area contributed by atoms with Crippen molar-refractivity contribution in [3.63, 3.8) is 0 Å². The number of benzene rings is 2. The van der Waals surface area contributed by atoms with Crippen molar-refractivity contribution in [3.05, 3.63) is 71.8 Å². The summed E-state index contributed by atoms with van der Waals surface area (Å²) in [5, 5.41) is 0.380. The number of aryl methyl sites for hydroxylation is 1. The Kier molecular flexibility index (Phi) is 5.49. The first-order valence-corrected chi connectivity index (χ1v) is 7.78. The lowest BCUT2D eigenvalue weighted by atomic mass is 10.1. The van der Waals surface area contributed by atoms with Gasteiger partial charge in [0.1, 0.15) is 0 Å². The first kappa shape index (κ1) is 14.2. The van der Waals surface area contributed by atoms with Crippen molar-refractivity contribution in [3.8, 4) is 0 Å². The quantitative estimate of drug-likeness (QED) is 0.857. The van der Waals surface area contributed by atoms with Crippen molar-refractivity contribution in [1.82, 2.24) is 0 Å². The van der Waals surface area contributed by atoms with Gasteiger partial charge in [0.15, 0.2) is 0 Å². The van der Waals surface area contributed by atoms with Crippen molar-refractivity contribution in [2.24, 2.45) is 5.73 Å². The van der Waals surface area contributed by atoms with Crippen molar-refractivity contribution in [1.29, 1.82) is 0 Å². The first-order chi connectivity index (χ1) is 9.27. The highest BCUT2D eigenvalue weighted by molar-refractivity contribution is 7.99. The van der Waals surface area contributed by atoms with E-state index >= 15 is 0 Å². The zero-order valence-electron chi connectivity index (χ0n) is 11.3. The average molecular weight is 271 g/mol. The summed E-state index contributed by atoms with van der Waals surface area (Å²) in [6.45, 7) is 2.09. The highest BCUT2D eigenvalue weighted by Gasteiger charge is 2.15. The highest BCUT2D eigenvalue weighted by atomic mass is 32.2. The molecule has 2 rings (SSSR count). The predicted octanol–water partition coefficient (Wildman–Crippen LogP) is 4.05. The maximum absolute atomic E-state index is 6.13. The van der Waals surface area contributed by atoms with Crippen LogP contribution in [0.5, 0.6) is 0 Å². The molecule has 0 unspecified atom stereocenters. The molecule has 0 saturated heterocycles. The zero-order chi connectivity index (χ0) is 13.5. The minimum absolute atomic E-state index is 0.170. The summed E-state index contributed by atoms with van der Waals surface area (Å²) in [5.41, 5.74) is 8.85. The fourth-order valence-electron chi connectivity index (χ4n) is 2.14. The van der Waals surface area contributed by atoms with Crippen LogP contribution in [0, 0.1) is 0 Å². The molecule has 2 atom stereocenters. The predicted molar refractivity (Wildman–Crippen MR) is 85.4 cm³/mol. The summed E-state index contributed by atoms with van der Waals surface area (Å²) in [5.74, 6) is 1.10. The van der Waals surface area contributed by atoms with E-state index in [1.807, 2.05) is 11.8 Å². The molecule has 0 saturated carbocycles. The van der Waals surface area contributed by atoms with E-state index in [1.165, 1.54) is 11.1 Å². The van der Waals surface area contributed by atoms with E-state index in [0.29, 0.717) is 5.25 Å². The van der Waals surface area contributed by atoms with Crippen molar-refractivity contribution in [2.75, 3.05) is 5.75 Å². The summed E-state index contributed by atoms with van der Waals surface area (Å²) in [4.78, 5) is 0. The van der Waals surface area contributed by atoms with E-state index in [1.54, 1.807) is 0 Å². The van der Waals surface area contributed by atoms with E-state index in [-0.39, 0.29) is 6.04 Å². The summed E-state index contributed by atoms with van der Waals surface area (Å²) >= 11 is 1.95. The molecule has 0 bridgehead atoms. The Morgan fingerprint density at radius 2 is 1.53 bits per heavy atom. The molecule has 0 aromatic heterocycles. The van der Waals surface area contributed by atoms with Gasteiger partial charge in [-0.2, -0.15) is 11.8 Å². The molecular weight excluding hydrogens is 250 g/mol. The summed E-state index contributed by atoms with van der Waals surface area (Å²) in [6, 6.07) is 21.4. The lowest BCUT2D eigenvalue weighted by Crippen LogP contribution is -2.23. The van der Waals surface area contributed by atoms with E-state index in [4.69, 9.17) is 5.73 Å². The Bertz CT molecular complexity index is 467. The van der Waals surface area contributed by atoms with E-state index in [2.05, 4.69) is 67.6 Å². The van der Waals surface area contributed by atoms with Crippen LogP contribution in [0.15, 0.2) is 60.7 Å². The molecule has 2 heteroatoms. The van der Waals surface area contributed by atoms with Crippen LogP contribution in [0.3, 0.4) is 0 Å². The Morgan fingerprint density at radius 3 is 2.11 bits per heavy atom. The number of nitrogens with two attached hydrogens (primary N) is 1. The second-order valence-corrected chi connectivity index (χ2v) is 6.05. The fraction of sp³-hybridized carbons (Fsp3) is 0.294. The van der Waals surface area contributed by atoms with E-state index < -0.39 is 0 Å². The Labute approximate surface area is 120 Å². The third kappa shape index (κ3) is 4.41. The van der Waals surface area contributed by atoms with Gasteiger partial charge in [0.25, 0.3) is 0 Å². The van der Waals surface area contributed by atoms with Crippen LogP contribution in [-0.4, -0.2) is 11.8 Å². The molecule has 19 heavy (non-hydrogen) atoms. The molecule has 0 aliphatic heterocycles. The van der Waals surface area contributed by atoms with Gasteiger partial charge in [0, 0.05) is 11.3 Å². The van der Waals surface area contributed by atoms with Gasteiger partial charge in [0.05, 0.1) is 0 Å². The largest absolute Gasteiger partial charge is 0.327 e. The number of hydrogen-bond acceptors (Lipinski definition) is 2. The summed E-state index contributed by atoms with van der Waals surface area (Å²) < 4.78 is 0. The topological polar surface area (TPSA) is 26.0 Å². The van der Waals surface area contributed by atoms with E-state index in [9.17, 15) is 0 Å².